The molecule has 1 aliphatic carbocycles. The Balaban J connectivity index is 3.03. The fraction of sp³-hybridized carbons (Fsp3) is 0.615. The fourth-order valence-electron chi connectivity index (χ4n) is 2.01. The van der Waals surface area contributed by atoms with Gasteiger partial charge in [0.25, 0.3) is 0 Å². The number of carbonyl (C=O) groups excluding carboxylic acids is 1. The number of carbonyl (C=O) groups is 2. The summed E-state index contributed by atoms with van der Waals surface area (Å²) in [6.45, 7) is 3.52. The van der Waals surface area contributed by atoms with Crippen LogP contribution >= 0.6 is 0 Å². The maximum atomic E-state index is 11.9. The topological polar surface area (TPSA) is 107 Å². The Morgan fingerprint density at radius 3 is 2.53 bits per heavy atom. The van der Waals surface area contributed by atoms with Crippen molar-refractivity contribution in [3.05, 3.63) is 11.3 Å². The number of hydrogen-bond donors (Lipinski definition) is 3. The summed E-state index contributed by atoms with van der Waals surface area (Å²) in [5.41, 5.74) is 0.549. The van der Waals surface area contributed by atoms with E-state index in [9.17, 15) is 19.8 Å². The first kappa shape index (κ1) is 15.4. The number of aliphatic carboxylic acids is 1. The summed E-state index contributed by atoms with van der Waals surface area (Å²) in [5.74, 6) is -2.57. The number of aliphatic imine (C=N–C) groups is 1. The lowest BCUT2D eigenvalue weighted by Gasteiger charge is -2.21. The van der Waals surface area contributed by atoms with E-state index < -0.39 is 23.8 Å². The van der Waals surface area contributed by atoms with Crippen LogP contribution in [-0.2, 0) is 9.59 Å². The van der Waals surface area contributed by atoms with E-state index in [0.29, 0.717) is 12.1 Å². The molecule has 0 radical (unpaired) electrons. The molecule has 1 rings (SSSR count). The molecule has 0 saturated heterocycles. The summed E-state index contributed by atoms with van der Waals surface area (Å²) in [6.07, 6.45) is -0.364. The first-order chi connectivity index (χ1) is 8.86. The molecule has 0 amide bonds. The summed E-state index contributed by atoms with van der Waals surface area (Å²) >= 11 is 0. The second-order valence-corrected chi connectivity index (χ2v) is 4.68. The van der Waals surface area contributed by atoms with Crippen molar-refractivity contribution in [1.29, 1.82) is 0 Å². The molecule has 106 valence electrons. The number of Topliss-reactive ketones (excluding diaryl/α,β-unsaturated/α-hetero) is 1. The molecular formula is C13H19NO5. The summed E-state index contributed by atoms with van der Waals surface area (Å²) < 4.78 is 0. The highest BCUT2D eigenvalue weighted by Gasteiger charge is 2.33. The number of allylic oxidation sites excluding steroid dienone is 2. The highest BCUT2D eigenvalue weighted by molar-refractivity contribution is 6.23. The maximum Gasteiger partial charge on any atom is 0.307 e. The normalized spacial score (nSPS) is 22.6. The van der Waals surface area contributed by atoms with Crippen molar-refractivity contribution < 1.29 is 24.9 Å². The largest absolute Gasteiger partial charge is 0.511 e. The van der Waals surface area contributed by atoms with Crippen LogP contribution in [0.2, 0.25) is 0 Å². The Labute approximate surface area is 111 Å². The van der Waals surface area contributed by atoms with Gasteiger partial charge in [-0.3, -0.25) is 14.6 Å². The van der Waals surface area contributed by atoms with Gasteiger partial charge in [-0.1, -0.05) is 6.92 Å². The lowest BCUT2D eigenvalue weighted by atomic mass is 9.84. The van der Waals surface area contributed by atoms with Crippen LogP contribution in [0, 0.1) is 5.92 Å². The van der Waals surface area contributed by atoms with E-state index in [1.807, 2.05) is 0 Å². The molecule has 0 aliphatic heterocycles. The third kappa shape index (κ3) is 3.89. The van der Waals surface area contributed by atoms with Gasteiger partial charge in [0.2, 0.25) is 0 Å². The Kier molecular flexibility index (Phi) is 5.23. The Morgan fingerprint density at radius 2 is 2.11 bits per heavy atom. The van der Waals surface area contributed by atoms with Crippen molar-refractivity contribution in [2.24, 2.45) is 10.9 Å². The molecular weight excluding hydrogens is 250 g/mol. The predicted octanol–water partition coefficient (Wildman–Crippen LogP) is 1.09. The monoisotopic (exact) mass is 269 g/mol. The zero-order chi connectivity index (χ0) is 14.6. The standard InChI is InChI=1S/C13H19NO5/c1-3-9(14-6-7(2)15)12-10(16)4-8(13(18)19)5-11(12)17/h7-8,15-16H,3-6H2,1-2H3,(H,18,19). The summed E-state index contributed by atoms with van der Waals surface area (Å²) in [7, 11) is 0. The van der Waals surface area contributed by atoms with Gasteiger partial charge in [-0.2, -0.15) is 0 Å². The molecule has 6 heteroatoms. The molecule has 0 heterocycles. The van der Waals surface area contributed by atoms with Crippen molar-refractivity contribution in [3.8, 4) is 0 Å². The number of rotatable bonds is 5. The van der Waals surface area contributed by atoms with Crippen molar-refractivity contribution in [3.63, 3.8) is 0 Å². The van der Waals surface area contributed by atoms with Gasteiger partial charge in [-0.25, -0.2) is 0 Å². The van der Waals surface area contributed by atoms with Crippen LogP contribution in [0.3, 0.4) is 0 Å². The van der Waals surface area contributed by atoms with Crippen LogP contribution in [0.5, 0.6) is 0 Å². The van der Waals surface area contributed by atoms with Crippen molar-refractivity contribution in [2.75, 3.05) is 6.54 Å². The van der Waals surface area contributed by atoms with Crippen LogP contribution in [0.25, 0.3) is 0 Å². The van der Waals surface area contributed by atoms with Crippen molar-refractivity contribution in [2.45, 2.75) is 39.2 Å². The molecule has 1 aliphatic rings. The van der Waals surface area contributed by atoms with E-state index in [1.165, 1.54) is 0 Å². The van der Waals surface area contributed by atoms with E-state index in [1.54, 1.807) is 13.8 Å². The third-order valence-corrected chi connectivity index (χ3v) is 2.96. The van der Waals surface area contributed by atoms with Crippen LogP contribution in [0.1, 0.15) is 33.1 Å². The minimum absolute atomic E-state index is 0.0515. The van der Waals surface area contributed by atoms with Gasteiger partial charge in [0, 0.05) is 18.6 Å². The van der Waals surface area contributed by atoms with E-state index in [2.05, 4.69) is 4.99 Å². The Morgan fingerprint density at radius 1 is 1.47 bits per heavy atom. The molecule has 0 bridgehead atoms. The molecule has 0 aromatic heterocycles. The quantitative estimate of drug-likeness (QED) is 0.648. The van der Waals surface area contributed by atoms with Gasteiger partial charge in [-0.15, -0.1) is 0 Å². The van der Waals surface area contributed by atoms with Crippen molar-refractivity contribution >= 4 is 17.5 Å². The van der Waals surface area contributed by atoms with Gasteiger partial charge in [0.05, 0.1) is 24.1 Å². The maximum absolute atomic E-state index is 11.9. The summed E-state index contributed by atoms with van der Waals surface area (Å²) in [4.78, 5) is 26.9. The summed E-state index contributed by atoms with van der Waals surface area (Å²) in [6, 6.07) is 0. The number of hydrogen-bond acceptors (Lipinski definition) is 5. The predicted molar refractivity (Wildman–Crippen MR) is 69.3 cm³/mol. The van der Waals surface area contributed by atoms with Gasteiger partial charge in [-0.05, 0) is 13.3 Å². The number of ketones is 1. The second-order valence-electron chi connectivity index (χ2n) is 4.68. The molecule has 19 heavy (non-hydrogen) atoms. The van der Waals surface area contributed by atoms with E-state index >= 15 is 0 Å². The smallest absolute Gasteiger partial charge is 0.307 e. The number of nitrogens with zero attached hydrogens (tertiary/aromatic N) is 1. The van der Waals surface area contributed by atoms with Gasteiger partial charge in [0.15, 0.2) is 5.78 Å². The van der Waals surface area contributed by atoms with Crippen LogP contribution in [0.4, 0.5) is 0 Å². The second kappa shape index (κ2) is 6.47. The van der Waals surface area contributed by atoms with E-state index in [0.717, 1.165) is 0 Å². The SMILES string of the molecule is CCC(=NCC(C)O)C1=C(O)CC(C(=O)O)CC1=O. The molecule has 3 N–H and O–H groups in total. The molecule has 0 aromatic rings. The van der Waals surface area contributed by atoms with Gasteiger partial charge >= 0.3 is 5.97 Å². The number of carboxylic acids is 1. The molecule has 2 unspecified atom stereocenters. The zero-order valence-electron chi connectivity index (χ0n) is 11.1. The molecule has 6 nitrogen and oxygen atoms in total. The van der Waals surface area contributed by atoms with Crippen LogP contribution in [-0.4, -0.2) is 45.4 Å². The number of aliphatic hydroxyl groups excluding tert-OH is 2. The molecule has 0 aromatic carbocycles. The first-order valence-corrected chi connectivity index (χ1v) is 6.26. The average molecular weight is 269 g/mol. The van der Waals surface area contributed by atoms with Gasteiger partial charge in [0.1, 0.15) is 5.76 Å². The Bertz CT molecular complexity index is 436. The van der Waals surface area contributed by atoms with E-state index in [4.69, 9.17) is 5.11 Å². The lowest BCUT2D eigenvalue weighted by molar-refractivity contribution is -0.144. The number of aliphatic hydroxyl groups is 2. The first-order valence-electron chi connectivity index (χ1n) is 6.26. The zero-order valence-corrected chi connectivity index (χ0v) is 11.1. The van der Waals surface area contributed by atoms with Crippen LogP contribution in [0.15, 0.2) is 16.3 Å². The number of carboxylic acid groups (broad SMARTS) is 1. The fourth-order valence-corrected chi connectivity index (χ4v) is 2.01. The average Bonchev–Trinajstić information content (AvgIpc) is 2.31. The minimum atomic E-state index is -1.09. The highest BCUT2D eigenvalue weighted by Crippen LogP contribution is 2.27. The molecule has 2 atom stereocenters. The van der Waals surface area contributed by atoms with E-state index in [-0.39, 0.29) is 30.7 Å². The Hall–Kier alpha value is -1.69. The van der Waals surface area contributed by atoms with Crippen LogP contribution < -0.4 is 0 Å². The third-order valence-electron chi connectivity index (χ3n) is 2.96. The van der Waals surface area contributed by atoms with Gasteiger partial charge < -0.3 is 15.3 Å². The molecule has 0 saturated carbocycles. The van der Waals surface area contributed by atoms with Crippen molar-refractivity contribution in [1.82, 2.24) is 0 Å². The highest BCUT2D eigenvalue weighted by atomic mass is 16.4. The molecule has 0 spiro atoms. The summed E-state index contributed by atoms with van der Waals surface area (Å²) in [5, 5.41) is 28.0. The molecule has 0 fully saturated rings. The lowest BCUT2D eigenvalue weighted by Crippen LogP contribution is -2.28. The minimum Gasteiger partial charge on any atom is -0.511 e.